The normalized spacial score (nSPS) is 26.8. The molecule has 2 aromatic rings. The summed E-state index contributed by atoms with van der Waals surface area (Å²) in [4.78, 5) is 31.5. The van der Waals surface area contributed by atoms with Crippen LogP contribution in [0.25, 0.3) is 0 Å². The molecule has 2 atom stereocenters. The van der Waals surface area contributed by atoms with E-state index in [4.69, 9.17) is 19.0 Å². The maximum Gasteiger partial charge on any atom is 0.410 e. The predicted octanol–water partition coefficient (Wildman–Crippen LogP) is 4.56. The SMILES string of the molecule is COC(=O)[C@H]1C[C@@H](c2nc(C3(CN(C(=O)OC(C)(C)C)[C@@H]4C[C@H]4c4ccccc4)CC3)no2)C1. The zero-order valence-electron chi connectivity index (χ0n) is 20.3. The zero-order valence-corrected chi connectivity index (χ0v) is 20.3. The molecule has 1 aromatic carbocycles. The molecule has 1 heterocycles. The van der Waals surface area contributed by atoms with Crippen LogP contribution in [0.5, 0.6) is 0 Å². The van der Waals surface area contributed by atoms with Gasteiger partial charge in [0.2, 0.25) is 5.89 Å². The fraction of sp³-hybridized carbons (Fsp3) is 0.615. The van der Waals surface area contributed by atoms with E-state index in [1.807, 2.05) is 43.9 Å². The third-order valence-electron chi connectivity index (χ3n) is 7.28. The Morgan fingerprint density at radius 1 is 1.15 bits per heavy atom. The summed E-state index contributed by atoms with van der Waals surface area (Å²) in [6.07, 6.45) is 3.80. The van der Waals surface area contributed by atoms with E-state index in [9.17, 15) is 9.59 Å². The summed E-state index contributed by atoms with van der Waals surface area (Å²) < 4.78 is 16.2. The highest BCUT2D eigenvalue weighted by Gasteiger charge is 2.55. The van der Waals surface area contributed by atoms with E-state index in [2.05, 4.69) is 17.3 Å². The molecule has 0 spiro atoms. The Morgan fingerprint density at radius 2 is 1.85 bits per heavy atom. The predicted molar refractivity (Wildman–Crippen MR) is 123 cm³/mol. The van der Waals surface area contributed by atoms with E-state index in [1.165, 1.54) is 12.7 Å². The molecule has 3 fully saturated rings. The molecule has 3 aliphatic carbocycles. The number of hydrogen-bond donors (Lipinski definition) is 0. The number of hydrogen-bond acceptors (Lipinski definition) is 7. The maximum atomic E-state index is 13.2. The highest BCUT2D eigenvalue weighted by atomic mass is 16.6. The first-order valence-electron chi connectivity index (χ1n) is 12.2. The second-order valence-corrected chi connectivity index (χ2v) is 11.1. The van der Waals surface area contributed by atoms with Crippen molar-refractivity contribution in [3.8, 4) is 0 Å². The first-order valence-corrected chi connectivity index (χ1v) is 12.2. The van der Waals surface area contributed by atoms with E-state index in [1.54, 1.807) is 0 Å². The van der Waals surface area contributed by atoms with Gasteiger partial charge in [-0.1, -0.05) is 35.5 Å². The van der Waals surface area contributed by atoms with E-state index in [0.717, 1.165) is 19.3 Å². The Bertz CT molecular complexity index is 1050. The number of benzene rings is 1. The number of carbonyl (C=O) groups is 2. The minimum atomic E-state index is -0.567. The molecule has 1 amide bonds. The Labute approximate surface area is 200 Å². The molecule has 3 saturated carbocycles. The van der Waals surface area contributed by atoms with Crippen molar-refractivity contribution in [1.29, 1.82) is 0 Å². The van der Waals surface area contributed by atoms with Gasteiger partial charge < -0.3 is 18.9 Å². The van der Waals surface area contributed by atoms with Gasteiger partial charge in [0.25, 0.3) is 0 Å². The molecule has 34 heavy (non-hydrogen) atoms. The number of esters is 1. The summed E-state index contributed by atoms with van der Waals surface area (Å²) in [6, 6.07) is 10.4. The molecule has 0 unspecified atom stereocenters. The van der Waals surface area contributed by atoms with Crippen LogP contribution in [-0.4, -0.2) is 52.4 Å². The Hall–Kier alpha value is -2.90. The quantitative estimate of drug-likeness (QED) is 0.551. The molecule has 0 saturated heterocycles. The van der Waals surface area contributed by atoms with Gasteiger partial charge in [-0.2, -0.15) is 4.98 Å². The van der Waals surface area contributed by atoms with Crippen molar-refractivity contribution in [3.63, 3.8) is 0 Å². The smallest absolute Gasteiger partial charge is 0.410 e. The fourth-order valence-corrected chi connectivity index (χ4v) is 4.95. The average Bonchev–Trinajstić information content (AvgIpc) is 3.67. The monoisotopic (exact) mass is 467 g/mol. The minimum Gasteiger partial charge on any atom is -0.469 e. The lowest BCUT2D eigenvalue weighted by molar-refractivity contribution is -0.149. The molecule has 0 aliphatic heterocycles. The molecular formula is C26H33N3O5. The van der Waals surface area contributed by atoms with Crippen molar-refractivity contribution >= 4 is 12.1 Å². The summed E-state index contributed by atoms with van der Waals surface area (Å²) in [5.74, 6) is 1.38. The molecule has 0 bridgehead atoms. The van der Waals surface area contributed by atoms with Crippen molar-refractivity contribution in [3.05, 3.63) is 47.6 Å². The van der Waals surface area contributed by atoms with Gasteiger partial charge in [-0.05, 0) is 58.4 Å². The second-order valence-electron chi connectivity index (χ2n) is 11.1. The first-order chi connectivity index (χ1) is 16.2. The summed E-state index contributed by atoms with van der Waals surface area (Å²) in [7, 11) is 1.41. The van der Waals surface area contributed by atoms with E-state index >= 15 is 0 Å². The van der Waals surface area contributed by atoms with Crippen molar-refractivity contribution in [2.24, 2.45) is 5.92 Å². The highest BCUT2D eigenvalue weighted by Crippen LogP contribution is 2.52. The molecule has 182 valence electrons. The molecule has 8 nitrogen and oxygen atoms in total. The van der Waals surface area contributed by atoms with Gasteiger partial charge in [-0.25, -0.2) is 4.79 Å². The number of ether oxygens (including phenoxy) is 2. The van der Waals surface area contributed by atoms with Crippen molar-refractivity contribution < 1.29 is 23.6 Å². The number of methoxy groups -OCH3 is 1. The highest BCUT2D eigenvalue weighted by molar-refractivity contribution is 5.73. The molecular weight excluding hydrogens is 434 g/mol. The topological polar surface area (TPSA) is 94.8 Å². The molecule has 0 radical (unpaired) electrons. The van der Waals surface area contributed by atoms with Crippen LogP contribution in [0, 0.1) is 5.92 Å². The number of rotatable bonds is 7. The number of aromatic nitrogens is 2. The standard InChI is InChI=1S/C26H33N3O5/c1-25(2,3)33-24(31)29(20-14-19(20)16-8-6-5-7-9-16)15-26(10-11-26)23-27-21(34-28-23)17-12-18(13-17)22(30)32-4/h5-9,17-20H,10-15H2,1-4H3/t17-,18+,19-,20+/m0/s1. The summed E-state index contributed by atoms with van der Waals surface area (Å²) in [5, 5.41) is 4.31. The molecule has 1 aromatic heterocycles. The molecule has 8 heteroatoms. The Balaban J connectivity index is 1.30. The van der Waals surface area contributed by atoms with Crippen LogP contribution in [0.1, 0.15) is 82.0 Å². The van der Waals surface area contributed by atoms with Gasteiger partial charge >= 0.3 is 12.1 Å². The van der Waals surface area contributed by atoms with Crippen LogP contribution < -0.4 is 0 Å². The lowest BCUT2D eigenvalue weighted by atomic mass is 9.75. The van der Waals surface area contributed by atoms with Crippen molar-refractivity contribution in [2.75, 3.05) is 13.7 Å². The fourth-order valence-electron chi connectivity index (χ4n) is 4.95. The van der Waals surface area contributed by atoms with E-state index in [0.29, 0.717) is 37.0 Å². The van der Waals surface area contributed by atoms with Gasteiger partial charge in [0, 0.05) is 24.4 Å². The van der Waals surface area contributed by atoms with E-state index in [-0.39, 0.29) is 35.4 Å². The molecule has 5 rings (SSSR count). The summed E-state index contributed by atoms with van der Waals surface area (Å²) in [5.41, 5.74) is 0.384. The maximum absolute atomic E-state index is 13.2. The largest absolute Gasteiger partial charge is 0.469 e. The van der Waals surface area contributed by atoms with E-state index < -0.39 is 5.60 Å². The van der Waals surface area contributed by atoms with Crippen molar-refractivity contribution in [2.45, 2.75) is 81.8 Å². The molecule has 0 N–H and O–H groups in total. The van der Waals surface area contributed by atoms with Crippen LogP contribution in [0.4, 0.5) is 4.79 Å². The average molecular weight is 468 g/mol. The first kappa shape index (κ1) is 22.9. The third-order valence-corrected chi connectivity index (χ3v) is 7.28. The van der Waals surface area contributed by atoms with Gasteiger partial charge in [-0.3, -0.25) is 4.79 Å². The Kier molecular flexibility index (Phi) is 5.65. The number of carbonyl (C=O) groups excluding carboxylic acids is 2. The van der Waals surface area contributed by atoms with Gasteiger partial charge in [-0.15, -0.1) is 0 Å². The van der Waals surface area contributed by atoms with Gasteiger partial charge in [0.1, 0.15) is 5.60 Å². The van der Waals surface area contributed by atoms with Gasteiger partial charge in [0.15, 0.2) is 5.82 Å². The van der Waals surface area contributed by atoms with Crippen LogP contribution in [0.2, 0.25) is 0 Å². The van der Waals surface area contributed by atoms with Crippen LogP contribution in [-0.2, 0) is 19.7 Å². The van der Waals surface area contributed by atoms with Crippen LogP contribution in [0.3, 0.4) is 0 Å². The lowest BCUT2D eigenvalue weighted by Gasteiger charge is -2.30. The second kappa shape index (κ2) is 8.40. The van der Waals surface area contributed by atoms with Crippen LogP contribution >= 0.6 is 0 Å². The molecule has 3 aliphatic rings. The van der Waals surface area contributed by atoms with Crippen LogP contribution in [0.15, 0.2) is 34.9 Å². The summed E-state index contributed by atoms with van der Waals surface area (Å²) >= 11 is 0. The number of nitrogens with zero attached hydrogens (tertiary/aromatic N) is 3. The number of amides is 1. The third kappa shape index (κ3) is 4.55. The summed E-state index contributed by atoms with van der Waals surface area (Å²) in [6.45, 7) is 6.19. The zero-order chi connectivity index (χ0) is 24.1. The lowest BCUT2D eigenvalue weighted by Crippen LogP contribution is -2.43. The minimum absolute atomic E-state index is 0.0901. The van der Waals surface area contributed by atoms with Gasteiger partial charge in [0.05, 0.1) is 18.4 Å². The van der Waals surface area contributed by atoms with Crippen molar-refractivity contribution in [1.82, 2.24) is 15.0 Å². The Morgan fingerprint density at radius 3 is 2.47 bits per heavy atom.